The van der Waals surface area contributed by atoms with Crippen LogP contribution in [0.4, 0.5) is 9.93 Å². The van der Waals surface area contributed by atoms with Crippen LogP contribution in [0.2, 0.25) is 0 Å². The van der Waals surface area contributed by atoms with Gasteiger partial charge < -0.3 is 14.8 Å². The van der Waals surface area contributed by atoms with Gasteiger partial charge in [0.15, 0.2) is 5.13 Å². The molecule has 0 unspecified atom stereocenters. The van der Waals surface area contributed by atoms with E-state index in [-0.39, 0.29) is 12.1 Å². The third-order valence-electron chi connectivity index (χ3n) is 4.09. The van der Waals surface area contributed by atoms with E-state index in [1.165, 1.54) is 24.2 Å². The molecule has 1 aliphatic rings. The SMILES string of the molecule is COc1cncc(-c2sc(NC(=O)NC[C@H](C)OCC3CC3)nc2C)c1. The molecular weight excluding hydrogens is 352 g/mol. The highest BCUT2D eigenvalue weighted by molar-refractivity contribution is 7.19. The van der Waals surface area contributed by atoms with E-state index in [2.05, 4.69) is 20.6 Å². The van der Waals surface area contributed by atoms with E-state index < -0.39 is 0 Å². The lowest BCUT2D eigenvalue weighted by Crippen LogP contribution is -2.35. The van der Waals surface area contributed by atoms with E-state index in [4.69, 9.17) is 9.47 Å². The third kappa shape index (κ3) is 5.15. The van der Waals surface area contributed by atoms with E-state index in [1.807, 2.05) is 19.9 Å². The number of aromatic nitrogens is 2. The molecule has 0 radical (unpaired) electrons. The zero-order chi connectivity index (χ0) is 18.5. The molecule has 2 heterocycles. The first-order valence-corrected chi connectivity index (χ1v) is 9.50. The number of rotatable bonds is 8. The summed E-state index contributed by atoms with van der Waals surface area (Å²) in [5.41, 5.74) is 1.75. The molecule has 8 heteroatoms. The molecule has 2 aromatic heterocycles. The Morgan fingerprint density at radius 1 is 1.42 bits per heavy atom. The Morgan fingerprint density at radius 3 is 2.96 bits per heavy atom. The van der Waals surface area contributed by atoms with Crippen molar-refractivity contribution in [3.05, 3.63) is 24.2 Å². The lowest BCUT2D eigenvalue weighted by atomic mass is 10.2. The van der Waals surface area contributed by atoms with Crippen molar-refractivity contribution in [1.82, 2.24) is 15.3 Å². The molecule has 1 atom stereocenters. The summed E-state index contributed by atoms with van der Waals surface area (Å²) in [5.74, 6) is 1.40. The maximum absolute atomic E-state index is 12.1. The standard InChI is InChI=1S/C18H24N4O3S/c1-11(25-10-13-4-5-13)7-20-17(23)22-18-21-12(2)16(26-18)14-6-15(24-3)9-19-8-14/h6,8-9,11,13H,4-5,7,10H2,1-3H3,(H2,20,21,22,23)/t11-/m0/s1. The van der Waals surface area contributed by atoms with Crippen molar-refractivity contribution in [2.24, 2.45) is 5.92 Å². The molecule has 7 nitrogen and oxygen atoms in total. The van der Waals surface area contributed by atoms with Crippen LogP contribution in [-0.2, 0) is 4.74 Å². The summed E-state index contributed by atoms with van der Waals surface area (Å²) in [6.45, 7) is 5.12. The fraction of sp³-hybridized carbons (Fsp3) is 0.500. The number of anilines is 1. The molecule has 1 fully saturated rings. The number of carbonyl (C=O) groups is 1. The fourth-order valence-corrected chi connectivity index (χ4v) is 3.34. The average molecular weight is 376 g/mol. The van der Waals surface area contributed by atoms with Gasteiger partial charge in [-0.15, -0.1) is 0 Å². The van der Waals surface area contributed by atoms with E-state index in [9.17, 15) is 4.79 Å². The number of pyridine rings is 1. The van der Waals surface area contributed by atoms with Crippen molar-refractivity contribution in [2.75, 3.05) is 25.6 Å². The van der Waals surface area contributed by atoms with Crippen molar-refractivity contribution in [3.63, 3.8) is 0 Å². The minimum atomic E-state index is -0.282. The number of nitrogens with one attached hydrogen (secondary N) is 2. The molecule has 0 aromatic carbocycles. The number of methoxy groups -OCH3 is 1. The molecule has 1 saturated carbocycles. The number of thiazole rings is 1. The van der Waals surface area contributed by atoms with Crippen LogP contribution in [0.25, 0.3) is 10.4 Å². The second-order valence-corrected chi connectivity index (χ2v) is 7.47. The van der Waals surface area contributed by atoms with Gasteiger partial charge in [-0.2, -0.15) is 0 Å². The number of nitrogens with zero attached hydrogens (tertiary/aromatic N) is 2. The monoisotopic (exact) mass is 376 g/mol. The van der Waals surface area contributed by atoms with Gasteiger partial charge in [0.2, 0.25) is 0 Å². The average Bonchev–Trinajstić information content (AvgIpc) is 3.40. The number of urea groups is 1. The summed E-state index contributed by atoms with van der Waals surface area (Å²) in [6, 6.07) is 1.62. The maximum atomic E-state index is 12.1. The number of amides is 2. The van der Waals surface area contributed by atoms with Crippen molar-refractivity contribution < 1.29 is 14.3 Å². The summed E-state index contributed by atoms with van der Waals surface area (Å²) < 4.78 is 10.9. The molecule has 1 aliphatic carbocycles. The second kappa shape index (κ2) is 8.46. The van der Waals surface area contributed by atoms with Gasteiger partial charge in [0.1, 0.15) is 5.75 Å². The Hall–Kier alpha value is -2.19. The topological polar surface area (TPSA) is 85.4 Å². The second-order valence-electron chi connectivity index (χ2n) is 6.47. The number of hydrogen-bond donors (Lipinski definition) is 2. The van der Waals surface area contributed by atoms with Crippen LogP contribution in [0.3, 0.4) is 0 Å². The Labute approximate surface area is 157 Å². The first-order valence-electron chi connectivity index (χ1n) is 8.68. The lowest BCUT2D eigenvalue weighted by Gasteiger charge is -2.13. The molecule has 2 amide bonds. The van der Waals surface area contributed by atoms with E-state index in [1.54, 1.807) is 19.5 Å². The van der Waals surface area contributed by atoms with Gasteiger partial charge in [-0.25, -0.2) is 9.78 Å². The summed E-state index contributed by atoms with van der Waals surface area (Å²) in [6.07, 6.45) is 5.92. The van der Waals surface area contributed by atoms with Crippen molar-refractivity contribution >= 4 is 22.5 Å². The molecule has 26 heavy (non-hydrogen) atoms. The molecule has 140 valence electrons. The highest BCUT2D eigenvalue weighted by Crippen LogP contribution is 2.33. The molecular formula is C18H24N4O3S. The molecule has 3 rings (SSSR count). The summed E-state index contributed by atoms with van der Waals surface area (Å²) in [5, 5.41) is 6.15. The van der Waals surface area contributed by atoms with Crippen LogP contribution in [0.5, 0.6) is 5.75 Å². The first-order chi connectivity index (χ1) is 12.5. The summed E-state index contributed by atoms with van der Waals surface area (Å²) in [7, 11) is 1.60. The third-order valence-corrected chi connectivity index (χ3v) is 5.21. The molecule has 0 spiro atoms. The zero-order valence-electron chi connectivity index (χ0n) is 15.2. The Bertz CT molecular complexity index is 761. The van der Waals surface area contributed by atoms with Gasteiger partial charge in [-0.3, -0.25) is 10.3 Å². The van der Waals surface area contributed by atoms with E-state index >= 15 is 0 Å². The number of aryl methyl sites for hydroxylation is 1. The van der Waals surface area contributed by atoms with Crippen LogP contribution >= 0.6 is 11.3 Å². The number of ether oxygens (including phenoxy) is 2. The lowest BCUT2D eigenvalue weighted by molar-refractivity contribution is 0.0601. The van der Waals surface area contributed by atoms with Crippen LogP contribution in [0.1, 0.15) is 25.5 Å². The molecule has 2 N–H and O–H groups in total. The minimum absolute atomic E-state index is 0.00204. The number of carbonyl (C=O) groups excluding carboxylic acids is 1. The molecule has 0 saturated heterocycles. The molecule has 0 aliphatic heterocycles. The normalized spacial score (nSPS) is 14.7. The van der Waals surface area contributed by atoms with Crippen LogP contribution < -0.4 is 15.4 Å². The minimum Gasteiger partial charge on any atom is -0.495 e. The highest BCUT2D eigenvalue weighted by atomic mass is 32.1. The van der Waals surface area contributed by atoms with Gasteiger partial charge in [0, 0.05) is 24.9 Å². The van der Waals surface area contributed by atoms with Gasteiger partial charge in [-0.1, -0.05) is 11.3 Å². The van der Waals surface area contributed by atoms with Crippen LogP contribution in [0, 0.1) is 12.8 Å². The van der Waals surface area contributed by atoms with E-state index in [0.29, 0.717) is 23.3 Å². The van der Waals surface area contributed by atoms with Crippen LogP contribution in [-0.4, -0.2) is 42.4 Å². The Balaban J connectivity index is 1.53. The van der Waals surface area contributed by atoms with Crippen molar-refractivity contribution in [3.8, 4) is 16.2 Å². The molecule has 0 bridgehead atoms. The predicted molar refractivity (Wildman–Crippen MR) is 102 cm³/mol. The number of hydrogen-bond acceptors (Lipinski definition) is 6. The highest BCUT2D eigenvalue weighted by Gasteiger charge is 2.22. The Kier molecular flexibility index (Phi) is 6.05. The summed E-state index contributed by atoms with van der Waals surface area (Å²) >= 11 is 1.41. The fourth-order valence-electron chi connectivity index (χ4n) is 2.39. The van der Waals surface area contributed by atoms with Gasteiger partial charge in [-0.05, 0) is 38.7 Å². The maximum Gasteiger partial charge on any atom is 0.321 e. The first kappa shape index (κ1) is 18.6. The Morgan fingerprint density at radius 2 is 2.23 bits per heavy atom. The van der Waals surface area contributed by atoms with Gasteiger partial charge >= 0.3 is 6.03 Å². The van der Waals surface area contributed by atoms with Gasteiger partial charge in [0.25, 0.3) is 0 Å². The smallest absolute Gasteiger partial charge is 0.321 e. The van der Waals surface area contributed by atoms with Crippen LogP contribution in [0.15, 0.2) is 18.5 Å². The van der Waals surface area contributed by atoms with Gasteiger partial charge in [0.05, 0.1) is 30.0 Å². The van der Waals surface area contributed by atoms with E-state index in [0.717, 1.165) is 22.7 Å². The van der Waals surface area contributed by atoms with Crippen molar-refractivity contribution in [1.29, 1.82) is 0 Å². The predicted octanol–water partition coefficient (Wildman–Crippen LogP) is 3.46. The largest absolute Gasteiger partial charge is 0.495 e. The summed E-state index contributed by atoms with van der Waals surface area (Å²) in [4.78, 5) is 21.6. The van der Waals surface area contributed by atoms with Crippen molar-refractivity contribution in [2.45, 2.75) is 32.8 Å². The zero-order valence-corrected chi connectivity index (χ0v) is 16.1. The quantitative estimate of drug-likeness (QED) is 0.737. The molecule has 2 aromatic rings.